The van der Waals surface area contributed by atoms with E-state index in [4.69, 9.17) is 9.15 Å². The highest BCUT2D eigenvalue weighted by Crippen LogP contribution is 2.30. The van der Waals surface area contributed by atoms with E-state index < -0.39 is 0 Å². The fourth-order valence-corrected chi connectivity index (χ4v) is 5.03. The molecule has 0 aliphatic carbocycles. The molecule has 0 radical (unpaired) electrons. The largest absolute Gasteiger partial charge is 0.459 e. The number of hydrogen-bond donors (Lipinski definition) is 2. The summed E-state index contributed by atoms with van der Waals surface area (Å²) in [5.41, 5.74) is 6.43. The Morgan fingerprint density at radius 2 is 1.57 bits per heavy atom. The highest BCUT2D eigenvalue weighted by Gasteiger charge is 2.23. The number of methoxy groups -OCH3 is 1. The fourth-order valence-electron chi connectivity index (χ4n) is 5.03. The van der Waals surface area contributed by atoms with Crippen LogP contribution in [0.25, 0.3) is 0 Å². The Kier molecular flexibility index (Phi) is 8.47. The third kappa shape index (κ3) is 6.35. The zero-order valence-corrected chi connectivity index (χ0v) is 22.9. The van der Waals surface area contributed by atoms with Gasteiger partial charge in [0.05, 0.1) is 24.2 Å². The summed E-state index contributed by atoms with van der Waals surface area (Å²) >= 11 is 0. The van der Waals surface area contributed by atoms with Crippen molar-refractivity contribution in [3.8, 4) is 0 Å². The Hall–Kier alpha value is -4.56. The number of ether oxygens (including phenoxy) is 1. The first kappa shape index (κ1) is 27.0. The number of carbonyl (C=O) groups excluding carboxylic acids is 2. The minimum atomic E-state index is -0.364. The SMILES string of the molecule is COCc1cccc(CNC(=O)c2ccc(N3CCN(c4ccccc4C)CC3)c(NC(=O)c3ccco3)c2)c1. The quantitative estimate of drug-likeness (QED) is 0.303. The van der Waals surface area contributed by atoms with Crippen molar-refractivity contribution in [3.63, 3.8) is 0 Å². The standard InChI is InChI=1S/C32H34N4O4/c1-23-7-3-4-10-28(23)35-14-16-36(17-15-35)29-13-12-26(20-27(29)34-32(38)30-11-6-18-40-30)31(37)33-21-24-8-5-9-25(19-24)22-39-2/h3-13,18-20H,14-17,21-22H2,1-2H3,(H,33,37)(H,34,38). The van der Waals surface area contributed by atoms with Gasteiger partial charge in [0.2, 0.25) is 0 Å². The number of para-hydroxylation sites is 1. The molecule has 1 aliphatic rings. The average Bonchev–Trinajstić information content (AvgIpc) is 3.52. The van der Waals surface area contributed by atoms with Crippen LogP contribution in [0, 0.1) is 6.92 Å². The first-order valence-corrected chi connectivity index (χ1v) is 13.4. The summed E-state index contributed by atoms with van der Waals surface area (Å²) < 4.78 is 10.5. The van der Waals surface area contributed by atoms with Crippen LogP contribution in [0.3, 0.4) is 0 Å². The lowest BCUT2D eigenvalue weighted by molar-refractivity contribution is 0.0949. The Labute approximate surface area is 234 Å². The summed E-state index contributed by atoms with van der Waals surface area (Å²) in [4.78, 5) is 30.7. The number of carbonyl (C=O) groups is 2. The number of amides is 2. The van der Waals surface area contributed by atoms with Gasteiger partial charge in [0.25, 0.3) is 11.8 Å². The summed E-state index contributed by atoms with van der Waals surface area (Å²) in [5.74, 6) is -0.375. The van der Waals surface area contributed by atoms with E-state index in [2.05, 4.69) is 51.6 Å². The number of furan rings is 1. The molecule has 1 aromatic heterocycles. The summed E-state index contributed by atoms with van der Waals surface area (Å²) in [5, 5.41) is 5.96. The van der Waals surface area contributed by atoms with Crippen molar-refractivity contribution in [1.29, 1.82) is 0 Å². The number of hydrogen-bond acceptors (Lipinski definition) is 6. The molecule has 3 aromatic carbocycles. The lowest BCUT2D eigenvalue weighted by atomic mass is 10.1. The second-order valence-corrected chi connectivity index (χ2v) is 9.86. The van der Waals surface area contributed by atoms with Gasteiger partial charge in [-0.2, -0.15) is 0 Å². The summed E-state index contributed by atoms with van der Waals surface area (Å²) in [7, 11) is 1.66. The van der Waals surface area contributed by atoms with Crippen molar-refractivity contribution < 1.29 is 18.7 Å². The number of aryl methyl sites for hydroxylation is 1. The normalized spacial score (nSPS) is 13.2. The molecule has 1 aliphatic heterocycles. The smallest absolute Gasteiger partial charge is 0.291 e. The number of piperazine rings is 1. The van der Waals surface area contributed by atoms with Crippen molar-refractivity contribution in [1.82, 2.24) is 5.32 Å². The first-order valence-electron chi connectivity index (χ1n) is 13.4. The van der Waals surface area contributed by atoms with E-state index in [1.165, 1.54) is 17.5 Å². The second kappa shape index (κ2) is 12.5. The lowest BCUT2D eigenvalue weighted by Gasteiger charge is -2.38. The van der Waals surface area contributed by atoms with Crippen LogP contribution >= 0.6 is 0 Å². The molecule has 0 atom stereocenters. The molecule has 1 saturated heterocycles. The number of anilines is 3. The molecular formula is C32H34N4O4. The highest BCUT2D eigenvalue weighted by atomic mass is 16.5. The zero-order chi connectivity index (χ0) is 27.9. The van der Waals surface area contributed by atoms with Crippen molar-refractivity contribution >= 4 is 28.9 Å². The Morgan fingerprint density at radius 1 is 0.825 bits per heavy atom. The molecule has 8 nitrogen and oxygen atoms in total. The molecule has 0 spiro atoms. The van der Waals surface area contributed by atoms with E-state index in [0.717, 1.165) is 43.0 Å². The lowest BCUT2D eigenvalue weighted by Crippen LogP contribution is -2.47. The van der Waals surface area contributed by atoms with Crippen LogP contribution in [0.4, 0.5) is 17.1 Å². The Bertz CT molecular complexity index is 1460. The molecule has 4 aromatic rings. The molecule has 0 unspecified atom stereocenters. The average molecular weight is 539 g/mol. The van der Waals surface area contributed by atoms with Crippen molar-refractivity contribution in [2.24, 2.45) is 0 Å². The Balaban J connectivity index is 1.33. The maximum Gasteiger partial charge on any atom is 0.291 e. The maximum atomic E-state index is 13.1. The predicted octanol–water partition coefficient (Wildman–Crippen LogP) is 5.24. The minimum Gasteiger partial charge on any atom is -0.459 e. The number of nitrogens with zero attached hydrogens (tertiary/aromatic N) is 2. The molecule has 2 N–H and O–H groups in total. The van der Waals surface area contributed by atoms with E-state index >= 15 is 0 Å². The van der Waals surface area contributed by atoms with E-state index in [1.807, 2.05) is 36.4 Å². The fraction of sp³-hybridized carbons (Fsp3) is 0.250. The van der Waals surface area contributed by atoms with Crippen molar-refractivity contribution in [2.45, 2.75) is 20.1 Å². The van der Waals surface area contributed by atoms with Crippen LogP contribution < -0.4 is 20.4 Å². The number of nitrogens with one attached hydrogen (secondary N) is 2. The molecule has 2 heterocycles. The van der Waals surface area contributed by atoms with Gasteiger partial charge >= 0.3 is 0 Å². The summed E-state index contributed by atoms with van der Waals surface area (Å²) in [6.07, 6.45) is 1.46. The number of rotatable bonds is 9. The van der Waals surface area contributed by atoms with Crippen LogP contribution in [0.15, 0.2) is 89.5 Å². The third-order valence-electron chi connectivity index (χ3n) is 7.08. The zero-order valence-electron chi connectivity index (χ0n) is 22.9. The van der Waals surface area contributed by atoms with Crippen LogP contribution in [0.2, 0.25) is 0 Å². The van der Waals surface area contributed by atoms with Crippen molar-refractivity contribution in [2.75, 3.05) is 48.4 Å². The summed E-state index contributed by atoms with van der Waals surface area (Å²) in [6.45, 7) is 6.28. The van der Waals surface area contributed by atoms with Gasteiger partial charge in [-0.15, -0.1) is 0 Å². The van der Waals surface area contributed by atoms with Crippen LogP contribution in [-0.4, -0.2) is 45.1 Å². The molecule has 1 fully saturated rings. The van der Waals surface area contributed by atoms with E-state index in [-0.39, 0.29) is 17.6 Å². The third-order valence-corrected chi connectivity index (χ3v) is 7.08. The van der Waals surface area contributed by atoms with Crippen LogP contribution in [0.1, 0.15) is 37.6 Å². The predicted molar refractivity (Wildman–Crippen MR) is 157 cm³/mol. The van der Waals surface area contributed by atoms with E-state index in [0.29, 0.717) is 24.4 Å². The maximum absolute atomic E-state index is 13.1. The van der Waals surface area contributed by atoms with Gasteiger partial charge in [-0.3, -0.25) is 9.59 Å². The minimum absolute atomic E-state index is 0.209. The van der Waals surface area contributed by atoms with Crippen LogP contribution in [-0.2, 0) is 17.9 Å². The molecule has 40 heavy (non-hydrogen) atoms. The van der Waals surface area contributed by atoms with Crippen molar-refractivity contribution in [3.05, 3.63) is 113 Å². The molecule has 0 saturated carbocycles. The van der Waals surface area contributed by atoms with Gasteiger partial charge in [-0.25, -0.2) is 0 Å². The molecule has 8 heteroatoms. The first-order chi connectivity index (χ1) is 19.5. The van der Waals surface area contributed by atoms with Gasteiger partial charge in [-0.1, -0.05) is 42.5 Å². The van der Waals surface area contributed by atoms with Gasteiger partial charge in [-0.05, 0) is 60.0 Å². The second-order valence-electron chi connectivity index (χ2n) is 9.86. The monoisotopic (exact) mass is 538 g/mol. The molecule has 206 valence electrons. The Morgan fingerprint density at radius 3 is 2.30 bits per heavy atom. The van der Waals surface area contributed by atoms with Gasteiger partial charge in [0.15, 0.2) is 5.76 Å². The number of benzene rings is 3. The van der Waals surface area contributed by atoms with E-state index in [9.17, 15) is 9.59 Å². The topological polar surface area (TPSA) is 87.0 Å². The van der Waals surface area contributed by atoms with Gasteiger partial charge in [0.1, 0.15) is 0 Å². The van der Waals surface area contributed by atoms with E-state index in [1.54, 1.807) is 25.3 Å². The molecule has 2 amide bonds. The van der Waals surface area contributed by atoms with Gasteiger partial charge < -0.3 is 29.6 Å². The molecule has 5 rings (SSSR count). The molecule has 0 bridgehead atoms. The van der Waals surface area contributed by atoms with Crippen LogP contribution in [0.5, 0.6) is 0 Å². The van der Waals surface area contributed by atoms with Gasteiger partial charge in [0, 0.05) is 51.1 Å². The highest BCUT2D eigenvalue weighted by molar-refractivity contribution is 6.05. The summed E-state index contributed by atoms with van der Waals surface area (Å²) in [6, 6.07) is 25.1. The molecular weight excluding hydrogens is 504 g/mol.